The summed E-state index contributed by atoms with van der Waals surface area (Å²) in [5.74, 6) is 0. The topological polar surface area (TPSA) is 3.24 Å². The van der Waals surface area contributed by atoms with Crippen molar-refractivity contribution in [2.24, 2.45) is 0 Å². The smallest absolute Gasteiger partial charge is 0.278 e. The fraction of sp³-hybridized carbons (Fsp3) is 1.00. The van der Waals surface area contributed by atoms with Crippen molar-refractivity contribution in [3.8, 4) is 0 Å². The highest BCUT2D eigenvalue weighted by atomic mass is 32.4. The van der Waals surface area contributed by atoms with Crippen LogP contribution in [0.2, 0.25) is 33.2 Å². The second-order valence-electron chi connectivity index (χ2n) is 17.3. The molecule has 0 spiro atoms. The van der Waals surface area contributed by atoms with Gasteiger partial charge < -0.3 is 4.81 Å². The van der Waals surface area contributed by atoms with Crippen LogP contribution in [0.4, 0.5) is 0 Å². The summed E-state index contributed by atoms with van der Waals surface area (Å²) in [5.41, 5.74) is 1.38. The van der Waals surface area contributed by atoms with Crippen LogP contribution in [-0.2, 0) is 0 Å². The van der Waals surface area contributed by atoms with Gasteiger partial charge in [-0.15, -0.1) is 0 Å². The second kappa shape index (κ2) is 8.01. The number of hydrogen-bond donors (Lipinski definition) is 0. The lowest BCUT2D eigenvalue weighted by molar-refractivity contribution is 0.0550. The standard InChI is InChI=1S/C27H60BNSSi3/c1-22(2,3)31(17,23(4,5)6)33(32(18,24(7,8)9)25(10,11)12)28(30-33)29-26(13,14)20-19-21-27(29,15)16/h19-21H2,1-18H3. The molecule has 0 bridgehead atoms. The van der Waals surface area contributed by atoms with E-state index in [0.29, 0.717) is 31.2 Å². The van der Waals surface area contributed by atoms with Gasteiger partial charge in [-0.2, -0.15) is 0 Å². The summed E-state index contributed by atoms with van der Waals surface area (Å²) in [5, 5.41) is 1.59. The third kappa shape index (κ3) is 4.10. The summed E-state index contributed by atoms with van der Waals surface area (Å²) < 4.78 is 0. The summed E-state index contributed by atoms with van der Waals surface area (Å²) in [6.45, 7) is 47.8. The first kappa shape index (κ1) is 30.3. The van der Waals surface area contributed by atoms with Gasteiger partial charge in [0.15, 0.2) is 0 Å². The predicted octanol–water partition coefficient (Wildman–Crippen LogP) is 9.80. The van der Waals surface area contributed by atoms with Crippen LogP contribution in [0.15, 0.2) is 0 Å². The molecule has 0 saturated carbocycles. The zero-order valence-corrected chi connectivity index (χ0v) is 29.9. The molecule has 0 aromatic carbocycles. The highest BCUT2D eigenvalue weighted by Gasteiger charge is 2.87. The van der Waals surface area contributed by atoms with E-state index in [4.69, 9.17) is 0 Å². The Labute approximate surface area is 216 Å². The normalized spacial score (nSPS) is 24.7. The molecule has 194 valence electrons. The molecule has 2 saturated heterocycles. The Bertz CT molecular complexity index is 667. The third-order valence-corrected chi connectivity index (χ3v) is 69.8. The van der Waals surface area contributed by atoms with Gasteiger partial charge >= 0.3 is 0 Å². The maximum absolute atomic E-state index is 3.13. The average molecular weight is 526 g/mol. The summed E-state index contributed by atoms with van der Waals surface area (Å²) >= 11 is 2.60. The van der Waals surface area contributed by atoms with Gasteiger partial charge in [0, 0.05) is 11.1 Å². The van der Waals surface area contributed by atoms with Crippen molar-refractivity contribution < 1.29 is 0 Å². The van der Waals surface area contributed by atoms with Gasteiger partial charge in [0.25, 0.3) is 5.72 Å². The van der Waals surface area contributed by atoms with Crippen molar-refractivity contribution in [3.63, 3.8) is 0 Å². The molecule has 6 heteroatoms. The minimum atomic E-state index is -1.78. The first-order valence-electron chi connectivity index (χ1n) is 13.6. The molecule has 0 aromatic rings. The number of nitrogens with zero attached hydrogens (tertiary/aromatic N) is 1. The summed E-state index contributed by atoms with van der Waals surface area (Å²) in [6.07, 6.45) is 2.31. The molecule has 0 amide bonds. The third-order valence-electron chi connectivity index (χ3n) is 11.2. The Hall–Kier alpha value is 1.03. The van der Waals surface area contributed by atoms with E-state index < -0.39 is 21.3 Å². The van der Waals surface area contributed by atoms with Crippen LogP contribution in [0.3, 0.4) is 0 Å². The van der Waals surface area contributed by atoms with Crippen molar-refractivity contribution in [1.82, 2.24) is 4.81 Å². The molecule has 0 unspecified atom stereocenters. The van der Waals surface area contributed by atoms with Gasteiger partial charge in [-0.3, -0.25) is 0 Å². The van der Waals surface area contributed by atoms with Crippen molar-refractivity contribution in [2.75, 3.05) is 0 Å². The lowest BCUT2D eigenvalue weighted by Gasteiger charge is -2.66. The predicted molar refractivity (Wildman–Crippen MR) is 165 cm³/mol. The van der Waals surface area contributed by atoms with Crippen LogP contribution in [0, 0.1) is 0 Å². The average Bonchev–Trinajstić information content (AvgIpc) is 3.22. The van der Waals surface area contributed by atoms with Gasteiger partial charge in [0.05, 0.1) is 21.3 Å². The van der Waals surface area contributed by atoms with Gasteiger partial charge in [0.2, 0.25) is 0 Å². The maximum atomic E-state index is 3.13. The Balaban J connectivity index is 3.01. The van der Waals surface area contributed by atoms with E-state index >= 15 is 0 Å². The Morgan fingerprint density at radius 3 is 1.15 bits per heavy atom. The molecule has 0 radical (unpaired) electrons. The zero-order chi connectivity index (χ0) is 26.5. The van der Waals surface area contributed by atoms with E-state index in [1.807, 2.05) is 0 Å². The molecule has 2 heterocycles. The van der Waals surface area contributed by atoms with Crippen molar-refractivity contribution in [1.29, 1.82) is 0 Å². The Kier molecular flexibility index (Phi) is 7.34. The first-order chi connectivity index (χ1) is 14.2. The van der Waals surface area contributed by atoms with E-state index in [-0.39, 0.29) is 0 Å². The van der Waals surface area contributed by atoms with E-state index in [9.17, 15) is 0 Å². The fourth-order valence-corrected chi connectivity index (χ4v) is 92.4. The fourth-order valence-electron chi connectivity index (χ4n) is 8.73. The molecular formula is C27H60BNSSi3. The minimum Gasteiger partial charge on any atom is -0.325 e. The van der Waals surface area contributed by atoms with Gasteiger partial charge in [-0.25, -0.2) is 11.1 Å². The van der Waals surface area contributed by atoms with Crippen LogP contribution < -0.4 is 0 Å². The molecule has 2 rings (SSSR count). The Morgan fingerprint density at radius 2 is 0.909 bits per heavy atom. The summed E-state index contributed by atoms with van der Waals surface area (Å²) in [6, 6.07) is 0. The van der Waals surface area contributed by atoms with E-state index in [2.05, 4.69) is 140 Å². The van der Waals surface area contributed by atoms with Crippen LogP contribution in [0.1, 0.15) is 130 Å². The number of piperidine rings is 1. The van der Waals surface area contributed by atoms with E-state index in [1.54, 1.807) is 0 Å². The molecule has 0 atom stereocenters. The lowest BCUT2D eigenvalue weighted by atomic mass is 9.76. The van der Waals surface area contributed by atoms with Gasteiger partial charge in [-0.1, -0.05) is 96.2 Å². The summed E-state index contributed by atoms with van der Waals surface area (Å²) in [4.78, 5) is 3.13. The van der Waals surface area contributed by atoms with Gasteiger partial charge in [0.1, 0.15) is 0 Å². The zero-order valence-electron chi connectivity index (χ0n) is 26.1. The number of rotatable bonds is 3. The molecular weight excluding hydrogens is 465 g/mol. The van der Waals surface area contributed by atoms with E-state index in [1.165, 1.54) is 19.3 Å². The molecule has 0 N–H and O–H groups in total. The summed E-state index contributed by atoms with van der Waals surface area (Å²) in [7, 11) is -3.55. The maximum Gasteiger partial charge on any atom is 0.278 e. The lowest BCUT2D eigenvalue weighted by Crippen LogP contribution is -2.82. The van der Waals surface area contributed by atoms with Crippen molar-refractivity contribution in [3.05, 3.63) is 0 Å². The van der Waals surface area contributed by atoms with E-state index in [0.717, 1.165) is 5.72 Å². The monoisotopic (exact) mass is 525 g/mol. The SMILES string of the molecule is CC1(C)CCCC(C)(C)N1B1S[Si]1([Si](C)(C(C)(C)C)C(C)(C)C)[Si](C)(C(C)(C)C)C(C)(C)C. The quantitative estimate of drug-likeness (QED) is 0.266. The molecule has 2 fully saturated rings. The van der Waals surface area contributed by atoms with Crippen LogP contribution in [-0.4, -0.2) is 42.9 Å². The minimum absolute atomic E-state index is 0.296. The highest BCUT2D eigenvalue weighted by molar-refractivity contribution is 8.85. The number of hydrogen-bond acceptors (Lipinski definition) is 2. The van der Waals surface area contributed by atoms with Crippen molar-refractivity contribution in [2.45, 2.75) is 174 Å². The highest BCUT2D eigenvalue weighted by Crippen LogP contribution is 2.76. The second-order valence-corrected chi connectivity index (χ2v) is 48.0. The van der Waals surface area contributed by atoms with Crippen LogP contribution >= 0.6 is 11.1 Å². The van der Waals surface area contributed by atoms with Crippen molar-refractivity contribution >= 4 is 38.1 Å². The van der Waals surface area contributed by atoms with Crippen LogP contribution in [0.25, 0.3) is 0 Å². The molecule has 0 aliphatic carbocycles. The largest absolute Gasteiger partial charge is 0.325 e. The van der Waals surface area contributed by atoms with Crippen LogP contribution in [0.5, 0.6) is 0 Å². The molecule has 33 heavy (non-hydrogen) atoms. The molecule has 1 nitrogen and oxygen atoms in total. The molecule has 2 aliphatic heterocycles. The first-order valence-corrected chi connectivity index (χ1v) is 24.3. The Morgan fingerprint density at radius 1 is 0.636 bits per heavy atom. The van der Waals surface area contributed by atoms with Gasteiger partial charge in [-0.05, 0) is 67.1 Å². The molecule has 0 aromatic heterocycles. The molecule has 2 aliphatic rings.